The average Bonchev–Trinajstić information content (AvgIpc) is 3.16. The summed E-state index contributed by atoms with van der Waals surface area (Å²) in [5.41, 5.74) is 11.0. The highest BCUT2D eigenvalue weighted by Gasteiger charge is 2.13. The molecule has 0 saturated heterocycles. The number of benzene rings is 6. The van der Waals surface area contributed by atoms with Crippen molar-refractivity contribution >= 4 is 23.3 Å². The summed E-state index contributed by atoms with van der Waals surface area (Å²) in [5.74, 6) is 3.27. The Balaban J connectivity index is 1.51. The molecule has 4 heteroatoms. The van der Waals surface area contributed by atoms with Gasteiger partial charge in [-0.25, -0.2) is 0 Å². The molecule has 0 atom stereocenters. The molecule has 0 amide bonds. The fraction of sp³-hybridized carbons (Fsp3) is 0.0909. The topological polar surface area (TPSA) is 36.9 Å². The van der Waals surface area contributed by atoms with Crippen LogP contribution in [0.2, 0.25) is 0 Å². The van der Waals surface area contributed by atoms with Crippen LogP contribution in [0.1, 0.15) is 33.4 Å². The van der Waals surface area contributed by atoms with Crippen molar-refractivity contribution in [3.05, 3.63) is 179 Å². The first-order valence-electron chi connectivity index (χ1n) is 15.8. The molecular weight excluding hydrogens is 592 g/mol. The predicted molar refractivity (Wildman–Crippen MR) is 198 cm³/mol. The Labute approximate surface area is 283 Å². The van der Waals surface area contributed by atoms with Gasteiger partial charge in [-0.3, -0.25) is 0 Å². The van der Waals surface area contributed by atoms with Crippen molar-refractivity contribution in [2.45, 2.75) is 0 Å². The second-order valence-corrected chi connectivity index (χ2v) is 11.2. The summed E-state index contributed by atoms with van der Waals surface area (Å²) >= 11 is 0. The summed E-state index contributed by atoms with van der Waals surface area (Å²) in [5, 5.41) is 0. The summed E-state index contributed by atoms with van der Waals surface area (Å²) in [6, 6.07) is 49.9. The van der Waals surface area contributed by atoms with E-state index < -0.39 is 0 Å². The lowest BCUT2D eigenvalue weighted by Crippen LogP contribution is -1.94. The van der Waals surface area contributed by atoms with Gasteiger partial charge in [0.15, 0.2) is 0 Å². The molecule has 0 radical (unpaired) electrons. The molecule has 0 aliphatic heterocycles. The van der Waals surface area contributed by atoms with Gasteiger partial charge in [0, 0.05) is 0 Å². The Morgan fingerprint density at radius 3 is 0.833 bits per heavy atom. The van der Waals surface area contributed by atoms with E-state index in [1.54, 1.807) is 28.4 Å². The first kappa shape index (κ1) is 32.0. The lowest BCUT2D eigenvalue weighted by Gasteiger charge is -2.15. The summed E-state index contributed by atoms with van der Waals surface area (Å²) in [7, 11) is 6.75. The molecule has 0 spiro atoms. The molecule has 0 fully saturated rings. The number of methoxy groups -OCH3 is 4. The van der Waals surface area contributed by atoms with Crippen molar-refractivity contribution in [1.29, 1.82) is 0 Å². The molecule has 0 saturated carbocycles. The molecule has 0 aliphatic carbocycles. The zero-order valence-electron chi connectivity index (χ0n) is 27.6. The lowest BCUT2D eigenvalue weighted by atomic mass is 9.89. The minimum atomic E-state index is 0.818. The van der Waals surface area contributed by atoms with Gasteiger partial charge in [-0.05, 0) is 116 Å². The second kappa shape index (κ2) is 15.1. The Bertz CT molecular complexity index is 1770. The van der Waals surface area contributed by atoms with Crippen molar-refractivity contribution in [1.82, 2.24) is 0 Å². The molecule has 0 unspecified atom stereocenters. The molecular formula is C44H38O4. The zero-order chi connectivity index (χ0) is 33.3. The highest BCUT2D eigenvalue weighted by molar-refractivity contribution is 5.98. The van der Waals surface area contributed by atoms with Gasteiger partial charge in [0.1, 0.15) is 23.0 Å². The first-order valence-corrected chi connectivity index (χ1v) is 15.8. The van der Waals surface area contributed by atoms with Gasteiger partial charge in [0.25, 0.3) is 0 Å². The monoisotopic (exact) mass is 630 g/mol. The Morgan fingerprint density at radius 1 is 0.333 bits per heavy atom. The van der Waals surface area contributed by atoms with Gasteiger partial charge in [-0.1, -0.05) is 97.1 Å². The zero-order valence-corrected chi connectivity index (χ0v) is 27.6. The van der Waals surface area contributed by atoms with Crippen molar-refractivity contribution < 1.29 is 18.9 Å². The number of rotatable bonds is 11. The van der Waals surface area contributed by atoms with Crippen LogP contribution in [0.4, 0.5) is 0 Å². The van der Waals surface area contributed by atoms with Gasteiger partial charge < -0.3 is 18.9 Å². The van der Waals surface area contributed by atoms with Crippen molar-refractivity contribution in [3.8, 4) is 34.1 Å². The van der Waals surface area contributed by atoms with E-state index in [2.05, 4.69) is 109 Å². The number of hydrogen-bond acceptors (Lipinski definition) is 4. The second-order valence-electron chi connectivity index (χ2n) is 11.2. The highest BCUT2D eigenvalue weighted by Crippen LogP contribution is 2.36. The fourth-order valence-electron chi connectivity index (χ4n) is 5.80. The maximum Gasteiger partial charge on any atom is 0.118 e. The molecule has 48 heavy (non-hydrogen) atoms. The van der Waals surface area contributed by atoms with E-state index in [1.165, 1.54) is 0 Å². The molecule has 6 aromatic carbocycles. The van der Waals surface area contributed by atoms with Crippen LogP contribution in [0.25, 0.3) is 34.4 Å². The van der Waals surface area contributed by atoms with E-state index in [-0.39, 0.29) is 0 Å². The average molecular weight is 631 g/mol. The number of ether oxygens (including phenoxy) is 4. The first-order chi connectivity index (χ1) is 23.6. The third kappa shape index (κ3) is 7.19. The third-order valence-corrected chi connectivity index (χ3v) is 8.42. The van der Waals surface area contributed by atoms with Crippen LogP contribution >= 0.6 is 0 Å². The van der Waals surface area contributed by atoms with Crippen molar-refractivity contribution in [2.75, 3.05) is 28.4 Å². The fourth-order valence-corrected chi connectivity index (χ4v) is 5.80. The maximum atomic E-state index is 5.46. The lowest BCUT2D eigenvalue weighted by molar-refractivity contribution is 0.414. The summed E-state index contributed by atoms with van der Waals surface area (Å²) in [6.07, 6.45) is 4.54. The Hall–Kier alpha value is -6.00. The van der Waals surface area contributed by atoms with Crippen LogP contribution in [-0.4, -0.2) is 28.4 Å². The van der Waals surface area contributed by atoms with Crippen LogP contribution < -0.4 is 18.9 Å². The molecule has 4 nitrogen and oxygen atoms in total. The third-order valence-electron chi connectivity index (χ3n) is 8.42. The van der Waals surface area contributed by atoms with E-state index in [0.717, 1.165) is 78.7 Å². The van der Waals surface area contributed by atoms with Crippen LogP contribution in [-0.2, 0) is 0 Å². The molecule has 0 aromatic heterocycles. The summed E-state index contributed by atoms with van der Waals surface area (Å²) < 4.78 is 21.8. The molecule has 0 heterocycles. The van der Waals surface area contributed by atoms with Crippen LogP contribution in [0.3, 0.4) is 0 Å². The van der Waals surface area contributed by atoms with Gasteiger partial charge in [0.05, 0.1) is 28.4 Å². The molecule has 0 N–H and O–H groups in total. The van der Waals surface area contributed by atoms with Gasteiger partial charge in [-0.15, -0.1) is 0 Å². The normalized spacial score (nSPS) is 10.5. The minimum absolute atomic E-state index is 0.818. The molecule has 0 bridgehead atoms. The van der Waals surface area contributed by atoms with E-state index in [9.17, 15) is 0 Å². The minimum Gasteiger partial charge on any atom is -0.497 e. The van der Waals surface area contributed by atoms with Crippen molar-refractivity contribution in [3.63, 3.8) is 0 Å². The quantitative estimate of drug-likeness (QED) is 0.134. The van der Waals surface area contributed by atoms with Gasteiger partial charge in [-0.2, -0.15) is 0 Å². The molecule has 0 aliphatic rings. The van der Waals surface area contributed by atoms with Crippen LogP contribution in [0.5, 0.6) is 23.0 Å². The van der Waals surface area contributed by atoms with Gasteiger partial charge in [0.2, 0.25) is 0 Å². The largest absolute Gasteiger partial charge is 0.497 e. The SMILES string of the molecule is COc1ccc(C(=Cc2ccccc2-c2ccccc2C=C(c2ccc(OC)cc2)c2ccc(OC)cc2)c2ccc(OC)cc2)cc1. The number of hydrogen-bond donors (Lipinski definition) is 0. The van der Waals surface area contributed by atoms with E-state index in [4.69, 9.17) is 18.9 Å². The standard InChI is InChI=1S/C44H38O4/c1-45-37-21-13-31(14-22-37)43(32-15-23-38(46-2)24-16-32)29-35-9-5-7-11-41(35)42-12-8-6-10-36(42)30-44(33-17-25-39(47-3)26-18-33)34-19-27-40(48-4)28-20-34/h5-30H,1-4H3. The smallest absolute Gasteiger partial charge is 0.118 e. The van der Waals surface area contributed by atoms with E-state index in [0.29, 0.717) is 0 Å². The Morgan fingerprint density at radius 2 is 0.583 bits per heavy atom. The van der Waals surface area contributed by atoms with Gasteiger partial charge >= 0.3 is 0 Å². The highest BCUT2D eigenvalue weighted by atomic mass is 16.5. The van der Waals surface area contributed by atoms with Crippen LogP contribution in [0, 0.1) is 0 Å². The molecule has 6 aromatic rings. The predicted octanol–water partition coefficient (Wildman–Crippen LogP) is 10.6. The van der Waals surface area contributed by atoms with E-state index in [1.807, 2.05) is 48.5 Å². The summed E-state index contributed by atoms with van der Waals surface area (Å²) in [6.45, 7) is 0. The maximum absolute atomic E-state index is 5.46. The van der Waals surface area contributed by atoms with Crippen LogP contribution in [0.15, 0.2) is 146 Å². The Kier molecular flexibility index (Phi) is 10.0. The molecule has 238 valence electrons. The molecule has 6 rings (SSSR count). The van der Waals surface area contributed by atoms with E-state index >= 15 is 0 Å². The van der Waals surface area contributed by atoms with Crippen molar-refractivity contribution in [2.24, 2.45) is 0 Å². The summed E-state index contributed by atoms with van der Waals surface area (Å²) in [4.78, 5) is 0.